The zero-order chi connectivity index (χ0) is 16.2. The predicted molar refractivity (Wildman–Crippen MR) is 98.6 cm³/mol. The van der Waals surface area contributed by atoms with E-state index in [9.17, 15) is 4.79 Å². The Morgan fingerprint density at radius 2 is 1.96 bits per heavy atom. The number of likely N-dealkylation sites (tertiary alicyclic amines) is 1. The second-order valence-corrected chi connectivity index (χ2v) is 7.61. The summed E-state index contributed by atoms with van der Waals surface area (Å²) in [5.41, 5.74) is 1.92. The number of ether oxygens (including phenoxy) is 1. The topological polar surface area (TPSA) is 41.6 Å². The molecule has 0 atom stereocenters. The van der Waals surface area contributed by atoms with Crippen LogP contribution in [0.1, 0.15) is 59.8 Å². The summed E-state index contributed by atoms with van der Waals surface area (Å²) in [6.07, 6.45) is 7.99. The molecule has 3 rings (SSSR count). The third kappa shape index (κ3) is 3.69. The molecule has 6 heteroatoms. The molecule has 2 aliphatic rings. The van der Waals surface area contributed by atoms with Crippen LogP contribution in [0.4, 0.5) is 5.00 Å². The van der Waals surface area contributed by atoms with Crippen LogP contribution in [0.15, 0.2) is 0 Å². The average Bonchev–Trinajstić information content (AvgIpc) is 3.11. The van der Waals surface area contributed by atoms with Crippen molar-refractivity contribution in [2.75, 3.05) is 25.0 Å². The zero-order valence-corrected chi connectivity index (χ0v) is 15.3. The molecule has 2 heterocycles. The summed E-state index contributed by atoms with van der Waals surface area (Å²) in [5, 5.41) is 4.97. The van der Waals surface area contributed by atoms with Crippen molar-refractivity contribution in [3.8, 4) is 0 Å². The van der Waals surface area contributed by atoms with Gasteiger partial charge in [-0.05, 0) is 63.2 Å². The van der Waals surface area contributed by atoms with Crippen molar-refractivity contribution in [2.24, 2.45) is 0 Å². The van der Waals surface area contributed by atoms with Gasteiger partial charge in [-0.3, -0.25) is 0 Å². The maximum Gasteiger partial charge on any atom is 0.341 e. The fourth-order valence-electron chi connectivity index (χ4n) is 3.35. The zero-order valence-electron chi connectivity index (χ0n) is 13.7. The van der Waals surface area contributed by atoms with E-state index in [-0.39, 0.29) is 5.97 Å². The smallest absolute Gasteiger partial charge is 0.341 e. The summed E-state index contributed by atoms with van der Waals surface area (Å²) in [6.45, 7) is 4.27. The monoisotopic (exact) mass is 352 g/mol. The summed E-state index contributed by atoms with van der Waals surface area (Å²) >= 11 is 7.23. The second-order valence-electron chi connectivity index (χ2n) is 6.11. The highest BCUT2D eigenvalue weighted by Crippen LogP contribution is 2.38. The largest absolute Gasteiger partial charge is 0.462 e. The number of nitrogens with zero attached hydrogens (tertiary/aromatic N) is 1. The average molecular weight is 353 g/mol. The van der Waals surface area contributed by atoms with Gasteiger partial charge in [0.15, 0.2) is 5.11 Å². The van der Waals surface area contributed by atoms with Crippen LogP contribution < -0.4 is 5.32 Å². The molecule has 1 aromatic rings. The molecular formula is C17H24N2O2S2. The predicted octanol–water partition coefficient (Wildman–Crippen LogP) is 3.99. The molecule has 0 radical (unpaired) electrons. The molecule has 1 fully saturated rings. The van der Waals surface area contributed by atoms with Gasteiger partial charge in [0.2, 0.25) is 0 Å². The number of esters is 1. The maximum absolute atomic E-state index is 12.5. The highest BCUT2D eigenvalue weighted by molar-refractivity contribution is 7.80. The van der Waals surface area contributed by atoms with E-state index >= 15 is 0 Å². The Bertz CT molecular complexity index is 592. The first-order valence-corrected chi connectivity index (χ1v) is 9.80. The lowest BCUT2D eigenvalue weighted by Crippen LogP contribution is -2.32. The molecular weight excluding hydrogens is 328 g/mol. The molecule has 1 N–H and O–H groups in total. The van der Waals surface area contributed by atoms with Gasteiger partial charge in [0.1, 0.15) is 5.00 Å². The number of thiocarbonyl (C=S) groups is 1. The van der Waals surface area contributed by atoms with Crippen molar-refractivity contribution in [1.29, 1.82) is 0 Å². The Kier molecular flexibility index (Phi) is 5.54. The summed E-state index contributed by atoms with van der Waals surface area (Å²) in [7, 11) is 0. The van der Waals surface area contributed by atoms with E-state index in [1.54, 1.807) is 11.3 Å². The van der Waals surface area contributed by atoms with Crippen LogP contribution in [0.25, 0.3) is 0 Å². The first-order chi connectivity index (χ1) is 11.2. The van der Waals surface area contributed by atoms with E-state index in [0.717, 1.165) is 48.0 Å². The number of anilines is 1. The fourth-order valence-corrected chi connectivity index (χ4v) is 4.97. The molecule has 0 spiro atoms. The van der Waals surface area contributed by atoms with E-state index < -0.39 is 0 Å². The Hall–Kier alpha value is -1.14. The molecule has 1 aliphatic carbocycles. The number of thiophene rings is 1. The van der Waals surface area contributed by atoms with Gasteiger partial charge < -0.3 is 15.0 Å². The molecule has 0 saturated carbocycles. The summed E-state index contributed by atoms with van der Waals surface area (Å²) in [5.74, 6) is -0.210. The van der Waals surface area contributed by atoms with Crippen LogP contribution in [-0.2, 0) is 17.6 Å². The number of hydrogen-bond acceptors (Lipinski definition) is 4. The Balaban J connectivity index is 1.88. The Morgan fingerprint density at radius 1 is 1.22 bits per heavy atom. The SMILES string of the molecule is CCOC(=O)c1c(NC(=S)N2CCCC2)sc2c1CCCCC2. The molecule has 126 valence electrons. The van der Waals surface area contributed by atoms with Crippen molar-refractivity contribution in [3.05, 3.63) is 16.0 Å². The quantitative estimate of drug-likeness (QED) is 0.506. The van der Waals surface area contributed by atoms with E-state index in [1.807, 2.05) is 6.92 Å². The number of hydrogen-bond donors (Lipinski definition) is 1. The Labute approximate surface area is 147 Å². The third-order valence-electron chi connectivity index (χ3n) is 4.51. The highest BCUT2D eigenvalue weighted by atomic mass is 32.1. The van der Waals surface area contributed by atoms with Crippen LogP contribution in [-0.4, -0.2) is 35.7 Å². The molecule has 0 amide bonds. The standard InChI is InChI=1S/C17H24N2O2S2/c1-2-21-16(20)14-12-8-4-3-5-9-13(12)23-15(14)18-17(22)19-10-6-7-11-19/h2-11H2,1H3,(H,18,22). The summed E-state index contributed by atoms with van der Waals surface area (Å²) < 4.78 is 5.31. The van der Waals surface area contributed by atoms with Gasteiger partial charge in [-0.25, -0.2) is 4.79 Å². The van der Waals surface area contributed by atoms with Crippen LogP contribution in [0.2, 0.25) is 0 Å². The van der Waals surface area contributed by atoms with Gasteiger partial charge in [-0.2, -0.15) is 0 Å². The van der Waals surface area contributed by atoms with E-state index in [1.165, 1.54) is 36.1 Å². The number of nitrogens with one attached hydrogen (secondary N) is 1. The minimum Gasteiger partial charge on any atom is -0.462 e. The summed E-state index contributed by atoms with van der Waals surface area (Å²) in [6, 6.07) is 0. The van der Waals surface area contributed by atoms with Crippen molar-refractivity contribution >= 4 is 39.6 Å². The van der Waals surface area contributed by atoms with Gasteiger partial charge in [0, 0.05) is 18.0 Å². The van der Waals surface area contributed by atoms with E-state index in [0.29, 0.717) is 6.61 Å². The van der Waals surface area contributed by atoms with Crippen molar-refractivity contribution in [1.82, 2.24) is 4.90 Å². The van der Waals surface area contributed by atoms with Gasteiger partial charge in [-0.1, -0.05) is 6.42 Å². The maximum atomic E-state index is 12.5. The Morgan fingerprint density at radius 3 is 2.70 bits per heavy atom. The van der Waals surface area contributed by atoms with Gasteiger partial charge >= 0.3 is 5.97 Å². The second kappa shape index (κ2) is 7.62. The lowest BCUT2D eigenvalue weighted by atomic mass is 10.1. The molecule has 4 nitrogen and oxygen atoms in total. The van der Waals surface area contributed by atoms with E-state index in [4.69, 9.17) is 17.0 Å². The summed E-state index contributed by atoms with van der Waals surface area (Å²) in [4.78, 5) is 16.0. The molecule has 1 aromatic heterocycles. The molecule has 0 bridgehead atoms. The fraction of sp³-hybridized carbons (Fsp3) is 0.647. The minimum atomic E-state index is -0.210. The molecule has 0 unspecified atom stereocenters. The number of carbonyl (C=O) groups is 1. The van der Waals surface area contributed by atoms with Gasteiger partial charge in [-0.15, -0.1) is 11.3 Å². The lowest BCUT2D eigenvalue weighted by Gasteiger charge is -2.19. The van der Waals surface area contributed by atoms with Crippen LogP contribution in [0, 0.1) is 0 Å². The molecule has 0 aromatic carbocycles. The lowest BCUT2D eigenvalue weighted by molar-refractivity contribution is 0.0527. The van der Waals surface area contributed by atoms with Crippen molar-refractivity contribution in [3.63, 3.8) is 0 Å². The molecule has 23 heavy (non-hydrogen) atoms. The third-order valence-corrected chi connectivity index (χ3v) is 6.08. The normalized spacial score (nSPS) is 17.5. The first kappa shape index (κ1) is 16.7. The van der Waals surface area contributed by atoms with Crippen molar-refractivity contribution in [2.45, 2.75) is 51.9 Å². The minimum absolute atomic E-state index is 0.210. The number of carbonyl (C=O) groups excluding carboxylic acids is 1. The van der Waals surface area contributed by atoms with Gasteiger partial charge in [0.25, 0.3) is 0 Å². The number of aryl methyl sites for hydroxylation is 1. The van der Waals surface area contributed by atoms with E-state index in [2.05, 4.69) is 10.2 Å². The molecule has 1 aliphatic heterocycles. The van der Waals surface area contributed by atoms with Gasteiger partial charge in [0.05, 0.1) is 12.2 Å². The number of fused-ring (bicyclic) bond motifs is 1. The van der Waals surface area contributed by atoms with Crippen LogP contribution in [0.5, 0.6) is 0 Å². The van der Waals surface area contributed by atoms with Crippen LogP contribution in [0.3, 0.4) is 0 Å². The molecule has 1 saturated heterocycles. The van der Waals surface area contributed by atoms with Crippen LogP contribution >= 0.6 is 23.6 Å². The highest BCUT2D eigenvalue weighted by Gasteiger charge is 2.27. The number of rotatable bonds is 3. The van der Waals surface area contributed by atoms with Crippen molar-refractivity contribution < 1.29 is 9.53 Å². The first-order valence-electron chi connectivity index (χ1n) is 8.58.